The van der Waals surface area contributed by atoms with E-state index in [0.29, 0.717) is 17.7 Å². The maximum Gasteiger partial charge on any atom is 0.358 e. The molecule has 0 spiro atoms. The highest BCUT2D eigenvalue weighted by Crippen LogP contribution is 2.46. The zero-order chi connectivity index (χ0) is 14.3. The van der Waals surface area contributed by atoms with E-state index in [2.05, 4.69) is 16.8 Å². The smallest absolute Gasteiger partial charge is 0.358 e. The molecule has 1 aliphatic carbocycles. The normalized spacial score (nSPS) is 22.1. The van der Waals surface area contributed by atoms with E-state index >= 15 is 0 Å². The average Bonchev–Trinajstić information content (AvgIpc) is 3.19. The number of anilines is 1. The number of carboxylic acid groups (broad SMARTS) is 1. The highest BCUT2D eigenvalue weighted by molar-refractivity contribution is 5.89. The zero-order valence-electron chi connectivity index (χ0n) is 11.9. The highest BCUT2D eigenvalue weighted by atomic mass is 16.5. The van der Waals surface area contributed by atoms with Crippen molar-refractivity contribution < 1.29 is 14.6 Å². The number of carboxylic acids is 1. The standard InChI is InChI=1S/C15H20N2O3/c1-9-4-3-7-17(9)11-8-12(20-2)14(15(18)19)16-13(11)10-5-6-10/h8-10H,3-7H2,1-2H3,(H,18,19). The van der Waals surface area contributed by atoms with Crippen LogP contribution in [0.2, 0.25) is 0 Å². The number of pyridine rings is 1. The van der Waals surface area contributed by atoms with Crippen LogP contribution in [0.5, 0.6) is 5.75 Å². The minimum atomic E-state index is -1.02. The first kappa shape index (κ1) is 13.2. The molecule has 5 heteroatoms. The van der Waals surface area contributed by atoms with Crippen LogP contribution in [-0.2, 0) is 0 Å². The number of rotatable bonds is 4. The van der Waals surface area contributed by atoms with Gasteiger partial charge in [-0.15, -0.1) is 0 Å². The number of ether oxygens (including phenoxy) is 1. The third-order valence-electron chi connectivity index (χ3n) is 4.24. The summed E-state index contributed by atoms with van der Waals surface area (Å²) < 4.78 is 5.23. The molecule has 0 bridgehead atoms. The molecule has 3 rings (SSSR count). The molecule has 1 aromatic heterocycles. The minimum Gasteiger partial charge on any atom is -0.494 e. The molecule has 20 heavy (non-hydrogen) atoms. The Hall–Kier alpha value is -1.78. The number of methoxy groups -OCH3 is 1. The topological polar surface area (TPSA) is 62.7 Å². The van der Waals surface area contributed by atoms with Crippen molar-refractivity contribution in [3.8, 4) is 5.75 Å². The molecule has 1 N–H and O–H groups in total. The lowest BCUT2D eigenvalue weighted by Crippen LogP contribution is -2.28. The van der Waals surface area contributed by atoms with Gasteiger partial charge in [0, 0.05) is 24.6 Å². The molecule has 0 amide bonds. The summed E-state index contributed by atoms with van der Waals surface area (Å²) in [7, 11) is 1.50. The van der Waals surface area contributed by atoms with Crippen LogP contribution in [0.4, 0.5) is 5.69 Å². The molecule has 0 radical (unpaired) electrons. The summed E-state index contributed by atoms with van der Waals surface area (Å²) in [5.74, 6) is -0.248. The van der Waals surface area contributed by atoms with Crippen molar-refractivity contribution in [2.24, 2.45) is 0 Å². The van der Waals surface area contributed by atoms with E-state index in [9.17, 15) is 9.90 Å². The largest absolute Gasteiger partial charge is 0.494 e. The summed E-state index contributed by atoms with van der Waals surface area (Å²) in [6.07, 6.45) is 4.56. The van der Waals surface area contributed by atoms with Crippen LogP contribution in [0, 0.1) is 0 Å². The molecule has 108 valence electrons. The SMILES string of the molecule is COc1cc(N2CCCC2C)c(C2CC2)nc1C(=O)O. The van der Waals surface area contributed by atoms with E-state index in [1.54, 1.807) is 0 Å². The molecule has 1 atom stereocenters. The molecular formula is C15H20N2O3. The molecule has 2 heterocycles. The Morgan fingerprint density at radius 1 is 1.45 bits per heavy atom. The highest BCUT2D eigenvalue weighted by Gasteiger charge is 2.34. The van der Waals surface area contributed by atoms with Gasteiger partial charge in [-0.2, -0.15) is 0 Å². The van der Waals surface area contributed by atoms with Gasteiger partial charge in [-0.25, -0.2) is 9.78 Å². The van der Waals surface area contributed by atoms with Crippen molar-refractivity contribution in [2.45, 2.75) is 44.6 Å². The Labute approximate surface area is 118 Å². The Balaban J connectivity index is 2.09. The van der Waals surface area contributed by atoms with Crippen LogP contribution < -0.4 is 9.64 Å². The lowest BCUT2D eigenvalue weighted by Gasteiger charge is -2.26. The first-order valence-corrected chi connectivity index (χ1v) is 7.20. The van der Waals surface area contributed by atoms with E-state index in [1.807, 2.05) is 6.07 Å². The molecule has 1 saturated heterocycles. The summed E-state index contributed by atoms with van der Waals surface area (Å²) in [5, 5.41) is 9.28. The molecule has 1 aliphatic heterocycles. The van der Waals surface area contributed by atoms with Crippen LogP contribution in [0.25, 0.3) is 0 Å². The number of aromatic nitrogens is 1. The van der Waals surface area contributed by atoms with Crippen molar-refractivity contribution in [3.05, 3.63) is 17.5 Å². The van der Waals surface area contributed by atoms with Crippen molar-refractivity contribution in [2.75, 3.05) is 18.6 Å². The Morgan fingerprint density at radius 3 is 2.70 bits per heavy atom. The van der Waals surface area contributed by atoms with Gasteiger partial charge in [0.15, 0.2) is 11.4 Å². The van der Waals surface area contributed by atoms with Gasteiger partial charge < -0.3 is 14.7 Å². The summed E-state index contributed by atoms with van der Waals surface area (Å²) in [4.78, 5) is 18.1. The minimum absolute atomic E-state index is 0.0324. The first-order valence-electron chi connectivity index (χ1n) is 7.20. The summed E-state index contributed by atoms with van der Waals surface area (Å²) in [6.45, 7) is 3.22. The van der Waals surface area contributed by atoms with Gasteiger partial charge in [0.05, 0.1) is 18.5 Å². The van der Waals surface area contributed by atoms with Crippen molar-refractivity contribution >= 4 is 11.7 Å². The quantitative estimate of drug-likeness (QED) is 0.916. The first-order chi connectivity index (χ1) is 9.61. The Bertz CT molecular complexity index is 540. The number of aromatic carboxylic acids is 1. The molecule has 1 saturated carbocycles. The van der Waals surface area contributed by atoms with Crippen LogP contribution in [0.15, 0.2) is 6.07 Å². The Morgan fingerprint density at radius 2 is 2.20 bits per heavy atom. The van der Waals surface area contributed by atoms with Gasteiger partial charge in [-0.3, -0.25) is 0 Å². The van der Waals surface area contributed by atoms with E-state index in [-0.39, 0.29) is 5.69 Å². The fourth-order valence-corrected chi connectivity index (χ4v) is 2.99. The fraction of sp³-hybridized carbons (Fsp3) is 0.600. The monoisotopic (exact) mass is 276 g/mol. The molecule has 1 unspecified atom stereocenters. The van der Waals surface area contributed by atoms with Crippen LogP contribution in [-0.4, -0.2) is 35.8 Å². The molecular weight excluding hydrogens is 256 g/mol. The average molecular weight is 276 g/mol. The molecule has 5 nitrogen and oxygen atoms in total. The predicted molar refractivity (Wildman–Crippen MR) is 75.8 cm³/mol. The van der Waals surface area contributed by atoms with E-state index in [1.165, 1.54) is 20.0 Å². The second kappa shape index (κ2) is 4.96. The lowest BCUT2D eigenvalue weighted by atomic mass is 10.1. The number of nitrogens with zero attached hydrogens (tertiary/aromatic N) is 2. The maximum absolute atomic E-state index is 11.3. The second-order valence-electron chi connectivity index (χ2n) is 5.71. The summed E-state index contributed by atoms with van der Waals surface area (Å²) in [5.41, 5.74) is 2.04. The summed E-state index contributed by atoms with van der Waals surface area (Å²) >= 11 is 0. The number of hydrogen-bond acceptors (Lipinski definition) is 4. The Kier molecular flexibility index (Phi) is 3.28. The van der Waals surface area contributed by atoms with Crippen LogP contribution in [0.3, 0.4) is 0 Å². The maximum atomic E-state index is 11.3. The second-order valence-corrected chi connectivity index (χ2v) is 5.71. The van der Waals surface area contributed by atoms with Gasteiger partial charge >= 0.3 is 5.97 Å². The van der Waals surface area contributed by atoms with Crippen LogP contribution >= 0.6 is 0 Å². The van der Waals surface area contributed by atoms with Crippen LogP contribution in [0.1, 0.15) is 54.7 Å². The third-order valence-corrected chi connectivity index (χ3v) is 4.24. The van der Waals surface area contributed by atoms with E-state index < -0.39 is 5.97 Å². The van der Waals surface area contributed by atoms with E-state index in [4.69, 9.17) is 4.74 Å². The molecule has 0 aromatic carbocycles. The fourth-order valence-electron chi connectivity index (χ4n) is 2.99. The van der Waals surface area contributed by atoms with Gasteiger partial charge in [0.2, 0.25) is 0 Å². The van der Waals surface area contributed by atoms with Crippen molar-refractivity contribution in [1.82, 2.24) is 4.98 Å². The zero-order valence-corrected chi connectivity index (χ0v) is 11.9. The van der Waals surface area contributed by atoms with Gasteiger partial charge in [0.1, 0.15) is 0 Å². The predicted octanol–water partition coefficient (Wildman–Crippen LogP) is 2.65. The van der Waals surface area contributed by atoms with E-state index in [0.717, 1.165) is 30.8 Å². The molecule has 2 fully saturated rings. The summed E-state index contributed by atoms with van der Waals surface area (Å²) in [6, 6.07) is 2.35. The molecule has 2 aliphatic rings. The number of carbonyl (C=O) groups is 1. The molecule has 1 aromatic rings. The third kappa shape index (κ3) is 2.21. The van der Waals surface area contributed by atoms with Gasteiger partial charge in [-0.05, 0) is 32.6 Å². The van der Waals surface area contributed by atoms with Gasteiger partial charge in [0.25, 0.3) is 0 Å². The van der Waals surface area contributed by atoms with Gasteiger partial charge in [-0.1, -0.05) is 0 Å². The lowest BCUT2D eigenvalue weighted by molar-refractivity contribution is 0.0686. The van der Waals surface area contributed by atoms with Crippen molar-refractivity contribution in [1.29, 1.82) is 0 Å². The van der Waals surface area contributed by atoms with Crippen molar-refractivity contribution in [3.63, 3.8) is 0 Å². The number of hydrogen-bond donors (Lipinski definition) is 1.